The molecule has 0 aromatic rings. The fraction of sp³-hybridized carbons (Fsp3) is 0.889. The van der Waals surface area contributed by atoms with Crippen molar-refractivity contribution in [3.63, 3.8) is 0 Å². The first-order chi connectivity index (χ1) is 11.0. The SMILES string of the molecule is CC(C)NC(=O)C1CCCC(NC(=O)CCC2CCNCC2)C1.Cl. The van der Waals surface area contributed by atoms with Crippen LogP contribution in [0, 0.1) is 11.8 Å². The molecule has 2 rings (SSSR count). The zero-order valence-corrected chi connectivity index (χ0v) is 15.9. The van der Waals surface area contributed by atoms with Crippen molar-refractivity contribution in [2.45, 2.75) is 77.3 Å². The Balaban J connectivity index is 0.00000288. The summed E-state index contributed by atoms with van der Waals surface area (Å²) in [5.41, 5.74) is 0. The second-order valence-corrected chi connectivity index (χ2v) is 7.52. The number of nitrogens with one attached hydrogen (secondary N) is 3. The zero-order chi connectivity index (χ0) is 16.7. The van der Waals surface area contributed by atoms with E-state index in [0.29, 0.717) is 12.3 Å². The van der Waals surface area contributed by atoms with Crippen LogP contribution in [0.5, 0.6) is 0 Å². The van der Waals surface area contributed by atoms with Crippen molar-refractivity contribution in [3.05, 3.63) is 0 Å². The zero-order valence-electron chi connectivity index (χ0n) is 15.1. The number of hydrogen-bond donors (Lipinski definition) is 3. The van der Waals surface area contributed by atoms with Gasteiger partial charge < -0.3 is 16.0 Å². The first kappa shape index (κ1) is 21.2. The van der Waals surface area contributed by atoms with Crippen LogP contribution in [-0.4, -0.2) is 37.0 Å². The third-order valence-corrected chi connectivity index (χ3v) is 5.08. The van der Waals surface area contributed by atoms with Gasteiger partial charge in [0.1, 0.15) is 0 Å². The summed E-state index contributed by atoms with van der Waals surface area (Å²) in [6, 6.07) is 0.356. The molecule has 0 radical (unpaired) electrons. The Kier molecular flexibility index (Phi) is 9.67. The predicted octanol–water partition coefficient (Wildman–Crippen LogP) is 2.39. The summed E-state index contributed by atoms with van der Waals surface area (Å²) in [6.45, 7) is 6.14. The quantitative estimate of drug-likeness (QED) is 0.682. The van der Waals surface area contributed by atoms with E-state index in [1.54, 1.807) is 0 Å². The smallest absolute Gasteiger partial charge is 0.223 e. The molecule has 3 N–H and O–H groups in total. The molecule has 2 aliphatic rings. The third kappa shape index (κ3) is 7.39. The fourth-order valence-corrected chi connectivity index (χ4v) is 3.77. The Labute approximate surface area is 152 Å². The number of halogens is 1. The van der Waals surface area contributed by atoms with Crippen LogP contribution in [-0.2, 0) is 9.59 Å². The maximum absolute atomic E-state index is 12.2. The van der Waals surface area contributed by atoms with Crippen molar-refractivity contribution in [1.82, 2.24) is 16.0 Å². The molecule has 24 heavy (non-hydrogen) atoms. The van der Waals surface area contributed by atoms with E-state index in [2.05, 4.69) is 16.0 Å². The van der Waals surface area contributed by atoms with E-state index in [9.17, 15) is 9.59 Å². The van der Waals surface area contributed by atoms with Crippen LogP contribution in [0.3, 0.4) is 0 Å². The van der Waals surface area contributed by atoms with Gasteiger partial charge in [0, 0.05) is 24.4 Å². The number of carbonyl (C=O) groups is 2. The molecule has 140 valence electrons. The fourth-order valence-electron chi connectivity index (χ4n) is 3.77. The van der Waals surface area contributed by atoms with Crippen molar-refractivity contribution in [2.24, 2.45) is 11.8 Å². The standard InChI is InChI=1S/C18H33N3O2.ClH/c1-13(2)20-18(23)15-4-3-5-16(12-15)21-17(22)7-6-14-8-10-19-11-9-14;/h13-16,19H,3-12H2,1-2H3,(H,20,23)(H,21,22);1H. The van der Waals surface area contributed by atoms with Gasteiger partial charge >= 0.3 is 0 Å². The molecule has 1 heterocycles. The molecule has 0 aromatic heterocycles. The summed E-state index contributed by atoms with van der Waals surface area (Å²) in [6.07, 6.45) is 7.77. The van der Waals surface area contributed by atoms with Gasteiger partial charge in [0.25, 0.3) is 0 Å². The lowest BCUT2D eigenvalue weighted by Crippen LogP contribution is -2.43. The number of carbonyl (C=O) groups excluding carboxylic acids is 2. The molecule has 0 aromatic carbocycles. The van der Waals surface area contributed by atoms with E-state index >= 15 is 0 Å². The van der Waals surface area contributed by atoms with Gasteiger partial charge in [-0.3, -0.25) is 9.59 Å². The minimum absolute atomic E-state index is 0. The van der Waals surface area contributed by atoms with Gasteiger partial charge in [-0.05, 0) is 71.4 Å². The summed E-state index contributed by atoms with van der Waals surface area (Å²) < 4.78 is 0. The van der Waals surface area contributed by atoms with Crippen molar-refractivity contribution < 1.29 is 9.59 Å². The van der Waals surface area contributed by atoms with Gasteiger partial charge in [-0.1, -0.05) is 6.42 Å². The predicted molar refractivity (Wildman–Crippen MR) is 99.2 cm³/mol. The molecule has 5 nitrogen and oxygen atoms in total. The van der Waals surface area contributed by atoms with E-state index in [1.165, 1.54) is 12.8 Å². The van der Waals surface area contributed by atoms with Crippen LogP contribution in [0.15, 0.2) is 0 Å². The highest BCUT2D eigenvalue weighted by atomic mass is 35.5. The normalized spacial score (nSPS) is 25.0. The second-order valence-electron chi connectivity index (χ2n) is 7.52. The second kappa shape index (κ2) is 10.9. The average molecular weight is 360 g/mol. The third-order valence-electron chi connectivity index (χ3n) is 5.08. The van der Waals surface area contributed by atoms with Gasteiger partial charge in [0.2, 0.25) is 11.8 Å². The highest BCUT2D eigenvalue weighted by Crippen LogP contribution is 2.25. The molecule has 2 amide bonds. The molecule has 1 saturated carbocycles. The summed E-state index contributed by atoms with van der Waals surface area (Å²) in [5, 5.41) is 9.52. The van der Waals surface area contributed by atoms with Crippen molar-refractivity contribution >= 4 is 24.2 Å². The van der Waals surface area contributed by atoms with Gasteiger partial charge in [0.05, 0.1) is 0 Å². The molecule has 0 spiro atoms. The summed E-state index contributed by atoms with van der Waals surface area (Å²) in [4.78, 5) is 24.3. The van der Waals surface area contributed by atoms with Gasteiger partial charge in [-0.15, -0.1) is 12.4 Å². The van der Waals surface area contributed by atoms with Crippen LogP contribution in [0.1, 0.15) is 65.2 Å². The summed E-state index contributed by atoms with van der Waals surface area (Å²) >= 11 is 0. The van der Waals surface area contributed by atoms with Gasteiger partial charge in [-0.2, -0.15) is 0 Å². The molecule has 0 bridgehead atoms. The molecule has 6 heteroatoms. The number of hydrogen-bond acceptors (Lipinski definition) is 3. The Morgan fingerprint density at radius 3 is 2.50 bits per heavy atom. The van der Waals surface area contributed by atoms with E-state index in [0.717, 1.165) is 45.2 Å². The lowest BCUT2D eigenvalue weighted by Gasteiger charge is -2.30. The Morgan fingerprint density at radius 2 is 1.83 bits per heavy atom. The molecular weight excluding hydrogens is 326 g/mol. The van der Waals surface area contributed by atoms with Crippen LogP contribution < -0.4 is 16.0 Å². The van der Waals surface area contributed by atoms with E-state index in [-0.39, 0.29) is 42.2 Å². The number of rotatable bonds is 6. The summed E-state index contributed by atoms with van der Waals surface area (Å²) in [7, 11) is 0. The molecule has 1 saturated heterocycles. The monoisotopic (exact) mass is 359 g/mol. The van der Waals surface area contributed by atoms with Crippen LogP contribution >= 0.6 is 12.4 Å². The lowest BCUT2D eigenvalue weighted by atomic mass is 9.84. The lowest BCUT2D eigenvalue weighted by molar-refractivity contribution is -0.128. The minimum atomic E-state index is 0. The van der Waals surface area contributed by atoms with E-state index < -0.39 is 0 Å². The van der Waals surface area contributed by atoms with Crippen LogP contribution in [0.2, 0.25) is 0 Å². The molecule has 2 fully saturated rings. The average Bonchev–Trinajstić information content (AvgIpc) is 2.53. The highest BCUT2D eigenvalue weighted by molar-refractivity contribution is 5.85. The first-order valence-electron chi connectivity index (χ1n) is 9.35. The topological polar surface area (TPSA) is 70.2 Å². The number of piperidine rings is 1. The molecule has 2 unspecified atom stereocenters. The Hall–Kier alpha value is -0.810. The largest absolute Gasteiger partial charge is 0.354 e. The van der Waals surface area contributed by atoms with E-state index in [4.69, 9.17) is 0 Å². The van der Waals surface area contributed by atoms with Gasteiger partial charge in [-0.25, -0.2) is 0 Å². The molecule has 1 aliphatic heterocycles. The molecule has 1 aliphatic carbocycles. The molecular formula is C18H34ClN3O2. The maximum atomic E-state index is 12.2. The van der Waals surface area contributed by atoms with Gasteiger partial charge in [0.15, 0.2) is 0 Å². The van der Waals surface area contributed by atoms with Crippen LogP contribution in [0.4, 0.5) is 0 Å². The number of amides is 2. The van der Waals surface area contributed by atoms with Crippen molar-refractivity contribution in [1.29, 1.82) is 0 Å². The minimum Gasteiger partial charge on any atom is -0.354 e. The van der Waals surface area contributed by atoms with Crippen molar-refractivity contribution in [3.8, 4) is 0 Å². The van der Waals surface area contributed by atoms with Crippen LogP contribution in [0.25, 0.3) is 0 Å². The van der Waals surface area contributed by atoms with E-state index in [1.807, 2.05) is 13.8 Å². The Morgan fingerprint density at radius 1 is 1.12 bits per heavy atom. The Bertz CT molecular complexity index is 398. The maximum Gasteiger partial charge on any atom is 0.223 e. The summed E-state index contributed by atoms with van der Waals surface area (Å²) in [5.74, 6) is 1.06. The highest BCUT2D eigenvalue weighted by Gasteiger charge is 2.28. The first-order valence-corrected chi connectivity index (χ1v) is 9.35. The van der Waals surface area contributed by atoms with Crippen molar-refractivity contribution in [2.75, 3.05) is 13.1 Å². The molecule has 2 atom stereocenters.